The van der Waals surface area contributed by atoms with Crippen LogP contribution in [-0.2, 0) is 0 Å². The van der Waals surface area contributed by atoms with E-state index in [0.29, 0.717) is 24.2 Å². The molecule has 5 nitrogen and oxygen atoms in total. The van der Waals surface area contributed by atoms with Gasteiger partial charge >= 0.3 is 6.29 Å². The van der Waals surface area contributed by atoms with Crippen LogP contribution in [0.4, 0.5) is 14.5 Å². The maximum absolute atomic E-state index is 13.6. The predicted molar refractivity (Wildman–Crippen MR) is 131 cm³/mol. The number of ether oxygens (including phenoxy) is 2. The van der Waals surface area contributed by atoms with Crippen molar-refractivity contribution in [1.82, 2.24) is 0 Å². The number of aliphatic hydroxyl groups excluding tert-OH is 2. The molecule has 5 rings (SSSR count). The average Bonchev–Trinajstić information content (AvgIpc) is 3.29. The van der Waals surface area contributed by atoms with Gasteiger partial charge in [0.05, 0.1) is 6.10 Å². The fourth-order valence-corrected chi connectivity index (χ4v) is 8.03. The molecule has 35 heavy (non-hydrogen) atoms. The number of benzene rings is 1. The molecule has 3 aliphatic carbocycles. The van der Waals surface area contributed by atoms with Gasteiger partial charge in [-0.1, -0.05) is 26.0 Å². The molecule has 0 saturated heterocycles. The van der Waals surface area contributed by atoms with E-state index in [1.165, 1.54) is 5.57 Å². The first kappa shape index (κ1) is 24.8. The van der Waals surface area contributed by atoms with Gasteiger partial charge in [0.15, 0.2) is 11.5 Å². The summed E-state index contributed by atoms with van der Waals surface area (Å²) in [6.07, 6.45) is 2.71. The Kier molecular flexibility index (Phi) is 6.11. The summed E-state index contributed by atoms with van der Waals surface area (Å²) in [6, 6.07) is 4.99. The monoisotopic (exact) mass is 491 g/mol. The molecule has 0 unspecified atom stereocenters. The van der Waals surface area contributed by atoms with Crippen molar-refractivity contribution in [3.63, 3.8) is 0 Å². The average molecular weight is 492 g/mol. The minimum Gasteiger partial charge on any atom is -0.396 e. The summed E-state index contributed by atoms with van der Waals surface area (Å²) in [4.78, 5) is 2.15. The van der Waals surface area contributed by atoms with E-state index in [2.05, 4.69) is 30.1 Å². The number of alkyl halides is 2. The lowest BCUT2D eigenvalue weighted by Crippen LogP contribution is -2.53. The zero-order valence-corrected chi connectivity index (χ0v) is 21.1. The van der Waals surface area contributed by atoms with Gasteiger partial charge < -0.3 is 24.6 Å². The van der Waals surface area contributed by atoms with Crippen LogP contribution in [0.1, 0.15) is 58.8 Å². The van der Waals surface area contributed by atoms with E-state index in [9.17, 15) is 19.0 Å². The number of nitrogens with zero attached hydrogens (tertiary/aromatic N) is 1. The first-order valence-corrected chi connectivity index (χ1v) is 13.0. The Labute approximate surface area is 207 Å². The highest BCUT2D eigenvalue weighted by Crippen LogP contribution is 2.63. The minimum atomic E-state index is -3.63. The molecule has 4 aliphatic rings. The standard InChI is InChI=1S/C28H39F2NO4/c1-17-5-7-22-21(15-31(4)19-6-8-24-25(14-19)35-28(29,30)34-24)23(10-12-26(17,22)2)27(3)11-9-20(33)13-18(27)16-32/h6,8,14,18,20-23,32-33H,1,5,7,9-13,15-16H2,2-4H3/t18-,20+,21+,22+,23+,26-,27+/m1/s1. The van der Waals surface area contributed by atoms with Gasteiger partial charge in [-0.3, -0.25) is 0 Å². The summed E-state index contributed by atoms with van der Waals surface area (Å²) in [5.74, 6) is 1.44. The zero-order chi connectivity index (χ0) is 25.2. The topological polar surface area (TPSA) is 62.2 Å². The van der Waals surface area contributed by atoms with Crippen molar-refractivity contribution in [2.24, 2.45) is 34.5 Å². The number of hydrogen-bond donors (Lipinski definition) is 2. The highest BCUT2D eigenvalue weighted by Gasteiger charge is 2.57. The van der Waals surface area contributed by atoms with Crippen LogP contribution in [0.3, 0.4) is 0 Å². The molecule has 0 spiro atoms. The third-order valence-electron chi connectivity index (χ3n) is 10.3. The van der Waals surface area contributed by atoms with Crippen LogP contribution in [0.15, 0.2) is 30.4 Å². The van der Waals surface area contributed by atoms with E-state index in [0.717, 1.165) is 50.8 Å². The summed E-state index contributed by atoms with van der Waals surface area (Å²) in [7, 11) is 2.01. The van der Waals surface area contributed by atoms with Crippen LogP contribution >= 0.6 is 0 Å². The van der Waals surface area contributed by atoms with Crippen LogP contribution in [0, 0.1) is 34.5 Å². The Morgan fingerprint density at radius 1 is 1.09 bits per heavy atom. The predicted octanol–water partition coefficient (Wildman–Crippen LogP) is 5.60. The molecule has 2 N–H and O–H groups in total. The highest BCUT2D eigenvalue weighted by molar-refractivity contribution is 5.57. The number of fused-ring (bicyclic) bond motifs is 2. The normalized spacial score (nSPS) is 40.0. The van der Waals surface area contributed by atoms with E-state index in [1.54, 1.807) is 12.1 Å². The molecule has 1 aromatic carbocycles. The van der Waals surface area contributed by atoms with Gasteiger partial charge in [-0.15, -0.1) is 8.78 Å². The second-order valence-electron chi connectivity index (χ2n) is 12.0. The molecule has 1 aliphatic heterocycles. The molecule has 1 aromatic rings. The number of aliphatic hydroxyl groups is 2. The lowest BCUT2D eigenvalue weighted by molar-refractivity contribution is -0.286. The van der Waals surface area contributed by atoms with Gasteiger partial charge in [0.1, 0.15) is 0 Å². The molecule has 7 heteroatoms. The van der Waals surface area contributed by atoms with Crippen molar-refractivity contribution in [3.8, 4) is 11.5 Å². The van der Waals surface area contributed by atoms with Gasteiger partial charge in [0.2, 0.25) is 0 Å². The third kappa shape index (κ3) is 4.12. The molecular formula is C28H39F2NO4. The van der Waals surface area contributed by atoms with Gasteiger partial charge in [-0.2, -0.15) is 0 Å². The SMILES string of the molecule is C=C1CC[C@H]2[C@H](CN(C)c3ccc4c(c3)OC(F)(F)O4)[C@@H]([C@@]3(C)CC[C@H](O)C[C@@H]3CO)CC[C@]12C. The van der Waals surface area contributed by atoms with E-state index in [1.807, 2.05) is 13.1 Å². The van der Waals surface area contributed by atoms with Crippen molar-refractivity contribution >= 4 is 5.69 Å². The highest BCUT2D eigenvalue weighted by atomic mass is 19.3. The molecule has 0 bridgehead atoms. The first-order valence-electron chi connectivity index (χ1n) is 13.0. The smallest absolute Gasteiger partial charge is 0.396 e. The van der Waals surface area contributed by atoms with Crippen LogP contribution < -0.4 is 14.4 Å². The van der Waals surface area contributed by atoms with Crippen molar-refractivity contribution in [2.45, 2.75) is 71.2 Å². The summed E-state index contributed by atoms with van der Waals surface area (Å²) < 4.78 is 36.4. The maximum Gasteiger partial charge on any atom is 0.586 e. The Hall–Kier alpha value is -1.86. The molecule has 7 atom stereocenters. The van der Waals surface area contributed by atoms with E-state index >= 15 is 0 Å². The van der Waals surface area contributed by atoms with Crippen LogP contribution in [-0.4, -0.2) is 42.8 Å². The Morgan fingerprint density at radius 2 is 1.83 bits per heavy atom. The molecule has 0 radical (unpaired) electrons. The van der Waals surface area contributed by atoms with E-state index in [-0.39, 0.29) is 41.0 Å². The van der Waals surface area contributed by atoms with E-state index in [4.69, 9.17) is 4.74 Å². The fourth-order valence-electron chi connectivity index (χ4n) is 8.03. The van der Waals surface area contributed by atoms with Gasteiger partial charge in [-0.05, 0) is 91.6 Å². The van der Waals surface area contributed by atoms with E-state index < -0.39 is 6.29 Å². The number of allylic oxidation sites excluding steroid dienone is 1. The molecule has 3 saturated carbocycles. The second kappa shape index (κ2) is 8.62. The zero-order valence-electron chi connectivity index (χ0n) is 21.1. The van der Waals surface area contributed by atoms with Crippen LogP contribution in [0.5, 0.6) is 11.5 Å². The number of hydrogen-bond acceptors (Lipinski definition) is 5. The Morgan fingerprint density at radius 3 is 2.57 bits per heavy atom. The van der Waals surface area contributed by atoms with Crippen molar-refractivity contribution in [1.29, 1.82) is 0 Å². The van der Waals surface area contributed by atoms with Crippen molar-refractivity contribution in [2.75, 3.05) is 25.1 Å². The molecule has 1 heterocycles. The molecule has 0 amide bonds. The van der Waals surface area contributed by atoms with Gasteiger partial charge in [0, 0.05) is 32.0 Å². The van der Waals surface area contributed by atoms with Crippen molar-refractivity contribution < 1.29 is 28.5 Å². The summed E-state index contributed by atoms with van der Waals surface area (Å²) in [6.45, 7) is 10.0. The molecular weight excluding hydrogens is 452 g/mol. The first-order chi connectivity index (χ1) is 16.5. The minimum absolute atomic E-state index is 0.0539. The van der Waals surface area contributed by atoms with Gasteiger partial charge in [0.25, 0.3) is 0 Å². The van der Waals surface area contributed by atoms with Crippen LogP contribution in [0.25, 0.3) is 0 Å². The summed E-state index contributed by atoms with van der Waals surface area (Å²) in [5.41, 5.74) is 2.22. The Balaban J connectivity index is 1.45. The molecule has 194 valence electrons. The molecule has 3 fully saturated rings. The lowest BCUT2D eigenvalue weighted by atomic mass is 9.49. The van der Waals surface area contributed by atoms with Crippen molar-refractivity contribution in [3.05, 3.63) is 30.4 Å². The number of halogens is 2. The largest absolute Gasteiger partial charge is 0.586 e. The number of rotatable bonds is 5. The van der Waals surface area contributed by atoms with Gasteiger partial charge in [-0.25, -0.2) is 0 Å². The summed E-state index contributed by atoms with van der Waals surface area (Å²) in [5, 5.41) is 20.6. The fraction of sp³-hybridized carbons (Fsp3) is 0.714. The third-order valence-corrected chi connectivity index (χ3v) is 10.3. The molecule has 0 aromatic heterocycles. The number of anilines is 1. The maximum atomic E-state index is 13.6. The second-order valence-corrected chi connectivity index (χ2v) is 12.0. The lowest BCUT2D eigenvalue weighted by Gasteiger charge is -2.57. The quantitative estimate of drug-likeness (QED) is 0.525. The summed E-state index contributed by atoms with van der Waals surface area (Å²) >= 11 is 0. The Bertz CT molecular complexity index is 986. The van der Waals surface area contributed by atoms with Crippen LogP contribution in [0.2, 0.25) is 0 Å².